The van der Waals surface area contributed by atoms with Gasteiger partial charge in [-0.05, 0) is 44.5 Å². The summed E-state index contributed by atoms with van der Waals surface area (Å²) in [5, 5.41) is 7.24. The van der Waals surface area contributed by atoms with E-state index < -0.39 is 0 Å². The van der Waals surface area contributed by atoms with Crippen LogP contribution in [0, 0.1) is 6.92 Å². The smallest absolute Gasteiger partial charge is 0.234 e. The summed E-state index contributed by atoms with van der Waals surface area (Å²) in [6.45, 7) is 3.98. The van der Waals surface area contributed by atoms with Crippen molar-refractivity contribution < 1.29 is 4.79 Å². The summed E-state index contributed by atoms with van der Waals surface area (Å²) in [7, 11) is 0. The quantitative estimate of drug-likeness (QED) is 0.839. The van der Waals surface area contributed by atoms with Crippen LogP contribution < -0.4 is 10.6 Å². The first-order chi connectivity index (χ1) is 9.15. The molecule has 1 aliphatic heterocycles. The molecule has 2 rings (SSSR count). The van der Waals surface area contributed by atoms with Gasteiger partial charge in [-0.25, -0.2) is 4.98 Å². The van der Waals surface area contributed by atoms with E-state index in [0.29, 0.717) is 21.8 Å². The second-order valence-electron chi connectivity index (χ2n) is 4.64. The highest BCUT2D eigenvalue weighted by Gasteiger charge is 2.15. The molecule has 4 nitrogen and oxygen atoms in total. The van der Waals surface area contributed by atoms with Crippen molar-refractivity contribution in [3.05, 3.63) is 23.0 Å². The number of carbonyl (C=O) groups excluding carboxylic acids is 1. The van der Waals surface area contributed by atoms with Gasteiger partial charge in [-0.3, -0.25) is 4.79 Å². The van der Waals surface area contributed by atoms with Crippen molar-refractivity contribution in [2.24, 2.45) is 0 Å². The number of carbonyl (C=O) groups is 1. The van der Waals surface area contributed by atoms with Crippen LogP contribution in [-0.4, -0.2) is 35.0 Å². The number of aryl methyl sites for hydroxylation is 1. The minimum Gasteiger partial charge on any atom is -0.324 e. The van der Waals surface area contributed by atoms with Gasteiger partial charge in [-0.15, -0.1) is 11.8 Å². The van der Waals surface area contributed by atoms with Crippen LogP contribution in [0.4, 0.5) is 5.69 Å². The Morgan fingerprint density at radius 3 is 3.00 bits per heavy atom. The SMILES string of the molecule is Cc1cc(NC(=O)CSC2CCNCC2)cnc1Cl. The first-order valence-electron chi connectivity index (χ1n) is 6.39. The molecule has 6 heteroatoms. The number of aromatic nitrogens is 1. The lowest BCUT2D eigenvalue weighted by Gasteiger charge is -2.21. The highest BCUT2D eigenvalue weighted by Crippen LogP contribution is 2.21. The molecule has 0 aliphatic carbocycles. The van der Waals surface area contributed by atoms with Gasteiger partial charge in [0.15, 0.2) is 0 Å². The number of thioether (sulfide) groups is 1. The van der Waals surface area contributed by atoms with Crippen molar-refractivity contribution in [1.29, 1.82) is 0 Å². The van der Waals surface area contributed by atoms with Crippen molar-refractivity contribution in [2.45, 2.75) is 25.0 Å². The maximum atomic E-state index is 11.8. The molecule has 1 aromatic heterocycles. The zero-order chi connectivity index (χ0) is 13.7. The third-order valence-corrected chi connectivity index (χ3v) is 4.80. The van der Waals surface area contributed by atoms with Crippen molar-refractivity contribution in [3.8, 4) is 0 Å². The highest BCUT2D eigenvalue weighted by atomic mass is 35.5. The Kier molecular flexibility index (Phi) is 5.48. The predicted molar refractivity (Wildman–Crippen MR) is 81.0 cm³/mol. The van der Waals surface area contributed by atoms with Gasteiger partial charge in [0, 0.05) is 5.25 Å². The molecule has 2 N–H and O–H groups in total. The fourth-order valence-corrected chi connectivity index (χ4v) is 3.11. The van der Waals surface area contributed by atoms with Crippen LogP contribution in [0.1, 0.15) is 18.4 Å². The molecule has 0 bridgehead atoms. The van der Waals surface area contributed by atoms with Crippen LogP contribution >= 0.6 is 23.4 Å². The van der Waals surface area contributed by atoms with Crippen LogP contribution in [0.2, 0.25) is 5.15 Å². The van der Waals surface area contributed by atoms with E-state index in [4.69, 9.17) is 11.6 Å². The second kappa shape index (κ2) is 7.12. The zero-order valence-electron chi connectivity index (χ0n) is 10.9. The number of nitrogens with one attached hydrogen (secondary N) is 2. The van der Waals surface area contributed by atoms with Crippen molar-refractivity contribution in [3.63, 3.8) is 0 Å². The van der Waals surface area contributed by atoms with Gasteiger partial charge >= 0.3 is 0 Å². The molecule has 2 heterocycles. The van der Waals surface area contributed by atoms with Gasteiger partial charge in [0.2, 0.25) is 5.91 Å². The Bertz CT molecular complexity index is 450. The van der Waals surface area contributed by atoms with Gasteiger partial charge in [0.1, 0.15) is 5.15 Å². The Labute approximate surface area is 122 Å². The van der Waals surface area contributed by atoms with Crippen LogP contribution in [0.5, 0.6) is 0 Å². The average molecular weight is 300 g/mol. The van der Waals surface area contributed by atoms with Gasteiger partial charge < -0.3 is 10.6 Å². The van der Waals surface area contributed by atoms with Crippen molar-refractivity contribution in [1.82, 2.24) is 10.3 Å². The molecule has 1 amide bonds. The number of hydrogen-bond acceptors (Lipinski definition) is 4. The molecule has 1 saturated heterocycles. The van der Waals surface area contributed by atoms with E-state index in [2.05, 4.69) is 15.6 Å². The lowest BCUT2D eigenvalue weighted by atomic mass is 10.2. The summed E-state index contributed by atoms with van der Waals surface area (Å²) < 4.78 is 0. The van der Waals surface area contributed by atoms with Crippen LogP contribution in [0.3, 0.4) is 0 Å². The number of rotatable bonds is 4. The highest BCUT2D eigenvalue weighted by molar-refractivity contribution is 8.00. The fourth-order valence-electron chi connectivity index (χ4n) is 1.98. The summed E-state index contributed by atoms with van der Waals surface area (Å²) in [5.41, 5.74) is 1.57. The third-order valence-electron chi connectivity index (χ3n) is 3.03. The Morgan fingerprint density at radius 2 is 2.32 bits per heavy atom. The third kappa shape index (κ3) is 4.67. The summed E-state index contributed by atoms with van der Waals surface area (Å²) in [6.07, 6.45) is 3.86. The molecule has 1 fully saturated rings. The van der Waals surface area contributed by atoms with Gasteiger partial charge in [0.25, 0.3) is 0 Å². The summed E-state index contributed by atoms with van der Waals surface area (Å²) in [5.74, 6) is 0.513. The molecule has 0 radical (unpaired) electrons. The summed E-state index contributed by atoms with van der Waals surface area (Å²) >= 11 is 7.58. The van der Waals surface area contributed by atoms with E-state index in [-0.39, 0.29) is 5.91 Å². The number of piperidine rings is 1. The van der Waals surface area contributed by atoms with E-state index in [0.717, 1.165) is 31.5 Å². The first kappa shape index (κ1) is 14.6. The van der Waals surface area contributed by atoms with Crippen molar-refractivity contribution >= 4 is 35.0 Å². The maximum absolute atomic E-state index is 11.8. The Balaban J connectivity index is 1.78. The molecule has 19 heavy (non-hydrogen) atoms. The number of nitrogens with zero attached hydrogens (tertiary/aromatic N) is 1. The minimum atomic E-state index is 0.0204. The number of halogens is 1. The molecular formula is C13H18ClN3OS. The monoisotopic (exact) mass is 299 g/mol. The summed E-state index contributed by atoms with van der Waals surface area (Å²) in [4.78, 5) is 15.9. The second-order valence-corrected chi connectivity index (χ2v) is 6.29. The van der Waals surface area contributed by atoms with E-state index >= 15 is 0 Å². The largest absolute Gasteiger partial charge is 0.324 e. The zero-order valence-corrected chi connectivity index (χ0v) is 12.5. The van der Waals surface area contributed by atoms with E-state index in [9.17, 15) is 4.79 Å². The molecule has 0 unspecified atom stereocenters. The van der Waals surface area contributed by atoms with E-state index in [1.807, 2.05) is 13.0 Å². The van der Waals surface area contributed by atoms with E-state index in [1.54, 1.807) is 18.0 Å². The summed E-state index contributed by atoms with van der Waals surface area (Å²) in [6, 6.07) is 1.84. The normalized spacial score (nSPS) is 16.3. The lowest BCUT2D eigenvalue weighted by molar-refractivity contribution is -0.113. The topological polar surface area (TPSA) is 54.0 Å². The molecule has 0 spiro atoms. The van der Waals surface area contributed by atoms with Crippen molar-refractivity contribution in [2.75, 3.05) is 24.2 Å². The molecular weight excluding hydrogens is 282 g/mol. The number of hydrogen-bond donors (Lipinski definition) is 2. The standard InChI is InChI=1S/C13H18ClN3OS/c1-9-6-10(7-16-13(9)14)17-12(18)8-19-11-2-4-15-5-3-11/h6-7,11,15H,2-5,8H2,1H3,(H,17,18). The van der Waals surface area contributed by atoms with Gasteiger partial charge in [0.05, 0.1) is 17.6 Å². The Morgan fingerprint density at radius 1 is 1.58 bits per heavy atom. The van der Waals surface area contributed by atoms with Crippen LogP contribution in [0.25, 0.3) is 0 Å². The molecule has 0 atom stereocenters. The fraction of sp³-hybridized carbons (Fsp3) is 0.538. The average Bonchev–Trinajstić information content (AvgIpc) is 2.42. The number of amides is 1. The molecule has 104 valence electrons. The molecule has 1 aromatic rings. The number of pyridine rings is 1. The number of anilines is 1. The molecule has 0 saturated carbocycles. The van der Waals surface area contributed by atoms with Gasteiger partial charge in [-0.1, -0.05) is 11.6 Å². The van der Waals surface area contributed by atoms with Crippen LogP contribution in [-0.2, 0) is 4.79 Å². The molecule has 0 aromatic carbocycles. The van der Waals surface area contributed by atoms with Crippen LogP contribution in [0.15, 0.2) is 12.3 Å². The maximum Gasteiger partial charge on any atom is 0.234 e. The first-order valence-corrected chi connectivity index (χ1v) is 7.82. The van der Waals surface area contributed by atoms with Gasteiger partial charge in [-0.2, -0.15) is 0 Å². The molecule has 1 aliphatic rings. The minimum absolute atomic E-state index is 0.0204. The van der Waals surface area contributed by atoms with E-state index in [1.165, 1.54) is 0 Å². The Hall–Kier alpha value is -0.780. The lowest BCUT2D eigenvalue weighted by Crippen LogP contribution is -2.30. The predicted octanol–water partition coefficient (Wildman–Crippen LogP) is 2.47.